The lowest BCUT2D eigenvalue weighted by Gasteiger charge is -2.26. The Morgan fingerprint density at radius 1 is 1.06 bits per heavy atom. The number of halogens is 3. The molecule has 0 radical (unpaired) electrons. The number of benzene rings is 2. The lowest BCUT2D eigenvalue weighted by atomic mass is 10.0. The fraction of sp³-hybridized carbons (Fsp3) is 0.143. The van der Waals surface area contributed by atoms with Gasteiger partial charge in [0.1, 0.15) is 17.6 Å². The predicted molar refractivity (Wildman–Crippen MR) is 107 cm³/mol. The first kappa shape index (κ1) is 20.9. The molecule has 3 N–H and O–H groups in total. The van der Waals surface area contributed by atoms with Crippen molar-refractivity contribution in [3.05, 3.63) is 70.7 Å². The van der Waals surface area contributed by atoms with Crippen molar-refractivity contribution in [2.45, 2.75) is 13.1 Å². The monoisotopic (exact) mass is 440 g/mol. The summed E-state index contributed by atoms with van der Waals surface area (Å²) >= 11 is 0. The molecule has 0 bridgehead atoms. The molecular weight excluding hydrogens is 425 g/mol. The van der Waals surface area contributed by atoms with Crippen molar-refractivity contribution in [3.63, 3.8) is 0 Å². The molecule has 11 heteroatoms. The van der Waals surface area contributed by atoms with Crippen LogP contribution in [0, 0.1) is 28.8 Å². The predicted octanol–water partition coefficient (Wildman–Crippen LogP) is 2.99. The van der Waals surface area contributed by atoms with Crippen molar-refractivity contribution in [2.24, 2.45) is 5.73 Å². The molecule has 0 spiro atoms. The van der Waals surface area contributed by atoms with Gasteiger partial charge in [-0.25, -0.2) is 18.0 Å². The van der Waals surface area contributed by atoms with Crippen LogP contribution in [0.25, 0.3) is 11.3 Å². The zero-order chi connectivity index (χ0) is 23.0. The number of fused-ring (bicyclic) bond motifs is 1. The number of nitrogens with one attached hydrogen (secondary N) is 1. The van der Waals surface area contributed by atoms with Crippen LogP contribution in [-0.2, 0) is 13.1 Å². The zero-order valence-corrected chi connectivity index (χ0v) is 16.4. The van der Waals surface area contributed by atoms with Gasteiger partial charge in [-0.3, -0.25) is 9.48 Å². The van der Waals surface area contributed by atoms with E-state index in [9.17, 15) is 22.8 Å². The van der Waals surface area contributed by atoms with Gasteiger partial charge in [-0.1, -0.05) is 0 Å². The normalized spacial score (nSPS) is 12.8. The van der Waals surface area contributed by atoms with E-state index in [0.717, 1.165) is 18.2 Å². The van der Waals surface area contributed by atoms with Gasteiger partial charge in [-0.2, -0.15) is 10.4 Å². The van der Waals surface area contributed by atoms with Gasteiger partial charge in [0.25, 0.3) is 5.91 Å². The average Bonchev–Trinajstić information content (AvgIpc) is 3.14. The molecule has 3 amide bonds. The highest BCUT2D eigenvalue weighted by Gasteiger charge is 2.30. The van der Waals surface area contributed by atoms with E-state index in [1.165, 1.54) is 27.8 Å². The molecule has 1 aliphatic rings. The average molecular weight is 440 g/mol. The Balaban J connectivity index is 1.79. The topological polar surface area (TPSA) is 117 Å². The number of nitrogens with two attached hydrogens (primary N) is 1. The fourth-order valence-corrected chi connectivity index (χ4v) is 3.47. The summed E-state index contributed by atoms with van der Waals surface area (Å²) in [6.07, 6.45) is 0. The quantitative estimate of drug-likeness (QED) is 0.651. The van der Waals surface area contributed by atoms with Crippen molar-refractivity contribution in [1.29, 1.82) is 5.26 Å². The Morgan fingerprint density at radius 3 is 2.50 bits per heavy atom. The molecule has 1 aliphatic heterocycles. The molecule has 162 valence electrons. The van der Waals surface area contributed by atoms with E-state index < -0.39 is 29.4 Å². The molecule has 8 nitrogen and oxygen atoms in total. The van der Waals surface area contributed by atoms with Crippen molar-refractivity contribution in [1.82, 2.24) is 14.7 Å². The Hall–Kier alpha value is -4.33. The molecule has 0 saturated heterocycles. The second-order valence-electron chi connectivity index (χ2n) is 7.04. The SMILES string of the molecule is N#Cc1ccc(NC(=O)c2c(-c3ccc(F)c(F)c3)nn3c2CN(C(N)=O)CC3)cc1F. The summed E-state index contributed by atoms with van der Waals surface area (Å²) in [5, 5.41) is 15.7. The first-order valence-corrected chi connectivity index (χ1v) is 9.39. The van der Waals surface area contributed by atoms with Crippen LogP contribution in [0.5, 0.6) is 0 Å². The van der Waals surface area contributed by atoms with Gasteiger partial charge in [0, 0.05) is 17.8 Å². The van der Waals surface area contributed by atoms with Gasteiger partial charge < -0.3 is 16.0 Å². The minimum atomic E-state index is -1.12. The van der Waals surface area contributed by atoms with E-state index in [-0.39, 0.29) is 47.7 Å². The van der Waals surface area contributed by atoms with Gasteiger partial charge in [0.05, 0.1) is 29.9 Å². The van der Waals surface area contributed by atoms with Crippen LogP contribution in [0.2, 0.25) is 0 Å². The minimum absolute atomic E-state index is 0.00623. The van der Waals surface area contributed by atoms with E-state index in [4.69, 9.17) is 11.0 Å². The molecule has 0 atom stereocenters. The Morgan fingerprint density at radius 2 is 1.84 bits per heavy atom. The third-order valence-electron chi connectivity index (χ3n) is 5.06. The molecule has 3 aromatic rings. The summed E-state index contributed by atoms with van der Waals surface area (Å²) in [4.78, 5) is 26.1. The maximum absolute atomic E-state index is 14.0. The number of carbonyl (C=O) groups is 2. The highest BCUT2D eigenvalue weighted by atomic mass is 19.2. The van der Waals surface area contributed by atoms with Crippen molar-refractivity contribution in [2.75, 3.05) is 11.9 Å². The van der Waals surface area contributed by atoms with Gasteiger partial charge in [0.15, 0.2) is 11.6 Å². The van der Waals surface area contributed by atoms with E-state index in [0.29, 0.717) is 5.69 Å². The van der Waals surface area contributed by atoms with Crippen LogP contribution in [0.3, 0.4) is 0 Å². The molecule has 32 heavy (non-hydrogen) atoms. The number of rotatable bonds is 3. The number of amides is 3. The molecule has 0 aliphatic carbocycles. The first-order valence-electron chi connectivity index (χ1n) is 9.39. The molecule has 0 unspecified atom stereocenters. The van der Waals surface area contributed by atoms with Gasteiger partial charge in [-0.05, 0) is 36.4 Å². The number of anilines is 1. The lowest BCUT2D eigenvalue weighted by molar-refractivity contribution is 0.102. The van der Waals surface area contributed by atoms with Crippen LogP contribution < -0.4 is 11.1 Å². The van der Waals surface area contributed by atoms with Crippen LogP contribution in [0.1, 0.15) is 21.6 Å². The van der Waals surface area contributed by atoms with Gasteiger partial charge in [-0.15, -0.1) is 0 Å². The van der Waals surface area contributed by atoms with E-state index in [1.807, 2.05) is 0 Å². The number of hydrogen-bond donors (Lipinski definition) is 2. The van der Waals surface area contributed by atoms with Crippen LogP contribution in [0.4, 0.5) is 23.7 Å². The first-order chi connectivity index (χ1) is 15.3. The number of nitriles is 1. The number of carbonyl (C=O) groups excluding carboxylic acids is 2. The van der Waals surface area contributed by atoms with Crippen molar-refractivity contribution >= 4 is 17.6 Å². The molecule has 1 aromatic heterocycles. The molecule has 2 aromatic carbocycles. The number of nitrogens with zero attached hydrogens (tertiary/aromatic N) is 4. The maximum atomic E-state index is 14.0. The molecule has 4 rings (SSSR count). The number of hydrogen-bond acceptors (Lipinski definition) is 4. The molecule has 2 heterocycles. The molecule has 0 saturated carbocycles. The smallest absolute Gasteiger partial charge is 0.315 e. The zero-order valence-electron chi connectivity index (χ0n) is 16.4. The number of urea groups is 1. The number of aromatic nitrogens is 2. The summed E-state index contributed by atoms with van der Waals surface area (Å²) in [7, 11) is 0. The Bertz CT molecular complexity index is 1300. The van der Waals surface area contributed by atoms with E-state index in [1.54, 1.807) is 6.07 Å². The van der Waals surface area contributed by atoms with Crippen molar-refractivity contribution < 1.29 is 22.8 Å². The van der Waals surface area contributed by atoms with Crippen molar-refractivity contribution in [3.8, 4) is 17.3 Å². The third-order valence-corrected chi connectivity index (χ3v) is 5.06. The number of primary amides is 1. The third kappa shape index (κ3) is 3.74. The second-order valence-corrected chi connectivity index (χ2v) is 7.04. The Labute approximate surface area is 179 Å². The highest BCUT2D eigenvalue weighted by molar-refractivity contribution is 6.09. The van der Waals surface area contributed by atoms with E-state index in [2.05, 4.69) is 10.4 Å². The lowest BCUT2D eigenvalue weighted by Crippen LogP contribution is -2.42. The Kier molecular flexibility index (Phi) is 5.28. The van der Waals surface area contributed by atoms with Crippen LogP contribution >= 0.6 is 0 Å². The van der Waals surface area contributed by atoms with E-state index >= 15 is 0 Å². The second kappa shape index (κ2) is 8.07. The summed E-state index contributed by atoms with van der Waals surface area (Å²) in [5.74, 6) is -3.70. The van der Waals surface area contributed by atoms with Gasteiger partial charge in [0.2, 0.25) is 0 Å². The molecular formula is C21H15F3N6O2. The van der Waals surface area contributed by atoms with Crippen LogP contribution in [-0.4, -0.2) is 33.2 Å². The minimum Gasteiger partial charge on any atom is -0.351 e. The highest BCUT2D eigenvalue weighted by Crippen LogP contribution is 2.30. The largest absolute Gasteiger partial charge is 0.351 e. The fourth-order valence-electron chi connectivity index (χ4n) is 3.47. The van der Waals surface area contributed by atoms with Crippen LogP contribution in [0.15, 0.2) is 36.4 Å². The maximum Gasteiger partial charge on any atom is 0.315 e. The standard InChI is InChI=1S/C21H15F3N6O2/c22-14-4-2-11(7-16(14)24)19-18(17-10-29(21(26)32)5-6-30(17)28-19)20(31)27-13-3-1-12(9-25)15(23)8-13/h1-4,7-8H,5-6,10H2,(H2,26,32)(H,27,31). The summed E-state index contributed by atoms with van der Waals surface area (Å²) in [6, 6.07) is 7.64. The van der Waals surface area contributed by atoms with Gasteiger partial charge >= 0.3 is 6.03 Å². The summed E-state index contributed by atoms with van der Waals surface area (Å²) in [6.45, 7) is 0.452. The summed E-state index contributed by atoms with van der Waals surface area (Å²) < 4.78 is 42.7. The summed E-state index contributed by atoms with van der Waals surface area (Å²) in [5.41, 5.74) is 5.81. The molecule has 0 fully saturated rings.